The first-order chi connectivity index (χ1) is 8.67. The van der Waals surface area contributed by atoms with Gasteiger partial charge >= 0.3 is 5.97 Å². The van der Waals surface area contributed by atoms with Crippen LogP contribution in [0.15, 0.2) is 0 Å². The lowest BCUT2D eigenvalue weighted by atomic mass is 10.0. The summed E-state index contributed by atoms with van der Waals surface area (Å²) in [5.41, 5.74) is 0. The van der Waals surface area contributed by atoms with Crippen molar-refractivity contribution < 1.29 is 14.3 Å². The minimum Gasteiger partial charge on any atom is -0.469 e. The smallest absolute Gasteiger partial charge is 0.305 e. The SMILES string of the molecule is CNC1CCN(C(=O)CCCCC(=O)OC)CC1. The Kier molecular flexibility index (Phi) is 6.72. The van der Waals surface area contributed by atoms with Gasteiger partial charge in [0.1, 0.15) is 0 Å². The Morgan fingerprint density at radius 3 is 2.39 bits per heavy atom. The summed E-state index contributed by atoms with van der Waals surface area (Å²) in [5.74, 6) is 0.0201. The van der Waals surface area contributed by atoms with Gasteiger partial charge in [-0.25, -0.2) is 0 Å². The lowest BCUT2D eigenvalue weighted by Gasteiger charge is -2.31. The third-order valence-corrected chi connectivity index (χ3v) is 3.51. The first-order valence-corrected chi connectivity index (χ1v) is 6.69. The molecule has 0 aliphatic carbocycles. The Morgan fingerprint density at radius 1 is 1.22 bits per heavy atom. The predicted octanol–water partition coefficient (Wildman–Crippen LogP) is 0.930. The number of esters is 1. The van der Waals surface area contributed by atoms with Crippen molar-refractivity contribution in [2.75, 3.05) is 27.2 Å². The van der Waals surface area contributed by atoms with E-state index >= 15 is 0 Å². The van der Waals surface area contributed by atoms with E-state index in [0.717, 1.165) is 38.8 Å². The zero-order valence-electron chi connectivity index (χ0n) is 11.4. The largest absolute Gasteiger partial charge is 0.469 e. The molecule has 1 rings (SSSR count). The van der Waals surface area contributed by atoms with Gasteiger partial charge in [0, 0.05) is 32.0 Å². The van der Waals surface area contributed by atoms with Crippen LogP contribution in [0.25, 0.3) is 0 Å². The molecule has 5 heteroatoms. The molecular weight excluding hydrogens is 232 g/mol. The van der Waals surface area contributed by atoms with Gasteiger partial charge in [-0.05, 0) is 32.7 Å². The minimum absolute atomic E-state index is 0.197. The number of piperidine rings is 1. The van der Waals surface area contributed by atoms with Gasteiger partial charge in [-0.15, -0.1) is 0 Å². The molecule has 0 atom stereocenters. The fourth-order valence-corrected chi connectivity index (χ4v) is 2.22. The summed E-state index contributed by atoms with van der Waals surface area (Å²) in [5, 5.41) is 3.25. The van der Waals surface area contributed by atoms with Crippen molar-refractivity contribution in [2.24, 2.45) is 0 Å². The average Bonchev–Trinajstić information content (AvgIpc) is 2.43. The average molecular weight is 256 g/mol. The molecule has 0 aromatic rings. The third-order valence-electron chi connectivity index (χ3n) is 3.51. The van der Waals surface area contributed by atoms with Gasteiger partial charge in [0.05, 0.1) is 7.11 Å². The molecule has 1 aliphatic rings. The number of methoxy groups -OCH3 is 1. The van der Waals surface area contributed by atoms with Crippen molar-refractivity contribution in [3.8, 4) is 0 Å². The van der Waals surface area contributed by atoms with Gasteiger partial charge in [0.25, 0.3) is 0 Å². The quantitative estimate of drug-likeness (QED) is 0.567. The number of hydrogen-bond acceptors (Lipinski definition) is 4. The van der Waals surface area contributed by atoms with E-state index in [0.29, 0.717) is 18.9 Å². The Hall–Kier alpha value is -1.10. The van der Waals surface area contributed by atoms with Crippen LogP contribution in [0.2, 0.25) is 0 Å². The van der Waals surface area contributed by atoms with Crippen molar-refractivity contribution in [2.45, 2.75) is 44.6 Å². The molecule has 0 aromatic carbocycles. The van der Waals surface area contributed by atoms with Gasteiger partial charge < -0.3 is 15.0 Å². The zero-order chi connectivity index (χ0) is 13.4. The number of rotatable bonds is 6. The maximum atomic E-state index is 11.9. The van der Waals surface area contributed by atoms with E-state index in [-0.39, 0.29) is 11.9 Å². The van der Waals surface area contributed by atoms with Gasteiger partial charge in [0.2, 0.25) is 5.91 Å². The number of hydrogen-bond donors (Lipinski definition) is 1. The Bertz CT molecular complexity index is 273. The summed E-state index contributed by atoms with van der Waals surface area (Å²) < 4.78 is 4.56. The topological polar surface area (TPSA) is 58.6 Å². The highest BCUT2D eigenvalue weighted by Gasteiger charge is 2.21. The van der Waals surface area contributed by atoms with Crippen molar-refractivity contribution in [1.29, 1.82) is 0 Å². The molecule has 0 unspecified atom stereocenters. The number of ether oxygens (including phenoxy) is 1. The number of unbranched alkanes of at least 4 members (excludes halogenated alkanes) is 1. The van der Waals surface area contributed by atoms with E-state index in [2.05, 4.69) is 10.1 Å². The van der Waals surface area contributed by atoms with Crippen molar-refractivity contribution in [1.82, 2.24) is 10.2 Å². The Balaban J connectivity index is 2.12. The Labute approximate surface area is 109 Å². The normalized spacial score (nSPS) is 16.7. The molecule has 1 fully saturated rings. The fraction of sp³-hybridized carbons (Fsp3) is 0.846. The van der Waals surface area contributed by atoms with Crippen molar-refractivity contribution >= 4 is 11.9 Å². The van der Waals surface area contributed by atoms with Crippen LogP contribution < -0.4 is 5.32 Å². The Morgan fingerprint density at radius 2 is 1.83 bits per heavy atom. The van der Waals surface area contributed by atoms with E-state index < -0.39 is 0 Å². The molecule has 0 bridgehead atoms. The van der Waals surface area contributed by atoms with E-state index in [1.165, 1.54) is 7.11 Å². The second-order valence-electron chi connectivity index (χ2n) is 4.73. The number of nitrogens with zero attached hydrogens (tertiary/aromatic N) is 1. The number of amides is 1. The van der Waals surface area contributed by atoms with Gasteiger partial charge in [-0.1, -0.05) is 0 Å². The van der Waals surface area contributed by atoms with Crippen LogP contribution in [0.5, 0.6) is 0 Å². The molecule has 104 valence electrons. The van der Waals surface area contributed by atoms with Crippen LogP contribution in [-0.2, 0) is 14.3 Å². The van der Waals surface area contributed by atoms with Gasteiger partial charge in [-0.3, -0.25) is 9.59 Å². The monoisotopic (exact) mass is 256 g/mol. The van der Waals surface area contributed by atoms with Crippen LogP contribution in [-0.4, -0.2) is 50.1 Å². The number of likely N-dealkylation sites (tertiary alicyclic amines) is 1. The molecule has 1 amide bonds. The highest BCUT2D eigenvalue weighted by Crippen LogP contribution is 2.12. The van der Waals surface area contributed by atoms with Crippen LogP contribution >= 0.6 is 0 Å². The van der Waals surface area contributed by atoms with E-state index in [1.807, 2.05) is 11.9 Å². The predicted molar refractivity (Wildman–Crippen MR) is 69.1 cm³/mol. The molecule has 0 saturated carbocycles. The zero-order valence-corrected chi connectivity index (χ0v) is 11.4. The summed E-state index contributed by atoms with van der Waals surface area (Å²) in [7, 11) is 3.36. The maximum absolute atomic E-state index is 11.9. The molecule has 1 heterocycles. The standard InChI is InChI=1S/C13H24N2O3/c1-14-11-7-9-15(10-8-11)12(16)5-3-4-6-13(17)18-2/h11,14H,3-10H2,1-2H3. The van der Waals surface area contributed by atoms with E-state index in [1.54, 1.807) is 0 Å². The fourth-order valence-electron chi connectivity index (χ4n) is 2.22. The second kappa shape index (κ2) is 8.08. The number of carbonyl (C=O) groups is 2. The van der Waals surface area contributed by atoms with Crippen LogP contribution in [0.3, 0.4) is 0 Å². The molecule has 18 heavy (non-hydrogen) atoms. The third kappa shape index (κ3) is 5.04. The molecule has 5 nitrogen and oxygen atoms in total. The first kappa shape index (κ1) is 15.0. The van der Waals surface area contributed by atoms with Crippen molar-refractivity contribution in [3.05, 3.63) is 0 Å². The first-order valence-electron chi connectivity index (χ1n) is 6.69. The molecular formula is C13H24N2O3. The molecule has 1 saturated heterocycles. The highest BCUT2D eigenvalue weighted by molar-refractivity contribution is 5.76. The molecule has 0 spiro atoms. The summed E-state index contributed by atoms with van der Waals surface area (Å²) in [6, 6.07) is 0.549. The number of nitrogens with one attached hydrogen (secondary N) is 1. The number of carbonyl (C=O) groups excluding carboxylic acids is 2. The molecule has 1 N–H and O–H groups in total. The molecule has 1 aliphatic heterocycles. The lowest BCUT2D eigenvalue weighted by molar-refractivity contribution is -0.141. The van der Waals surface area contributed by atoms with E-state index in [4.69, 9.17) is 0 Å². The highest BCUT2D eigenvalue weighted by atomic mass is 16.5. The second-order valence-corrected chi connectivity index (χ2v) is 4.73. The van der Waals surface area contributed by atoms with E-state index in [9.17, 15) is 9.59 Å². The summed E-state index contributed by atoms with van der Waals surface area (Å²) >= 11 is 0. The van der Waals surface area contributed by atoms with Gasteiger partial charge in [-0.2, -0.15) is 0 Å². The molecule has 0 aromatic heterocycles. The lowest BCUT2D eigenvalue weighted by Crippen LogP contribution is -2.43. The molecule has 0 radical (unpaired) electrons. The maximum Gasteiger partial charge on any atom is 0.305 e. The minimum atomic E-state index is -0.197. The summed E-state index contributed by atoms with van der Waals surface area (Å²) in [4.78, 5) is 24.7. The van der Waals surface area contributed by atoms with Crippen LogP contribution in [0, 0.1) is 0 Å². The summed E-state index contributed by atoms with van der Waals surface area (Å²) in [6.07, 6.45) is 4.51. The van der Waals surface area contributed by atoms with Crippen LogP contribution in [0.4, 0.5) is 0 Å². The van der Waals surface area contributed by atoms with Crippen LogP contribution in [0.1, 0.15) is 38.5 Å². The van der Waals surface area contributed by atoms with Crippen molar-refractivity contribution in [3.63, 3.8) is 0 Å². The summed E-state index contributed by atoms with van der Waals surface area (Å²) in [6.45, 7) is 1.70. The van der Waals surface area contributed by atoms with Gasteiger partial charge in [0.15, 0.2) is 0 Å².